The van der Waals surface area contributed by atoms with E-state index in [2.05, 4.69) is 168 Å². The number of aromatic nitrogens is 3. The lowest BCUT2D eigenvalue weighted by molar-refractivity contribution is 0.651. The molecule has 0 N–H and O–H groups in total. The first-order chi connectivity index (χ1) is 26.2. The molecule has 4 aromatic heterocycles. The Balaban J connectivity index is 1.15. The molecule has 4 nitrogen and oxygen atoms in total. The summed E-state index contributed by atoms with van der Waals surface area (Å²) in [5.74, 6) is 0.583. The highest BCUT2D eigenvalue weighted by Gasteiger charge is 2.22. The first-order valence-electron chi connectivity index (χ1n) is 17.8. The Kier molecular flexibility index (Phi) is 5.90. The number of thiophene rings is 1. The van der Waals surface area contributed by atoms with E-state index in [1.165, 1.54) is 47.1 Å². The number of hydrogen-bond donors (Lipinski definition) is 0. The number of rotatable bonds is 3. The van der Waals surface area contributed by atoms with Gasteiger partial charge >= 0.3 is 0 Å². The van der Waals surface area contributed by atoms with Crippen LogP contribution in [0.25, 0.3) is 114 Å². The zero-order chi connectivity index (χ0) is 34.6. The van der Waals surface area contributed by atoms with E-state index in [4.69, 9.17) is 14.4 Å². The quantitative estimate of drug-likeness (QED) is 0.185. The average Bonchev–Trinajstić information content (AvgIpc) is 3.88. The first kappa shape index (κ1) is 28.8. The normalized spacial score (nSPS) is 12.2. The average molecular weight is 694 g/mol. The van der Waals surface area contributed by atoms with Gasteiger partial charge in [0.15, 0.2) is 0 Å². The predicted octanol–water partition coefficient (Wildman–Crippen LogP) is 13.5. The number of furan rings is 1. The van der Waals surface area contributed by atoms with Gasteiger partial charge in [-0.2, -0.15) is 4.98 Å². The highest BCUT2D eigenvalue weighted by molar-refractivity contribution is 7.25. The van der Waals surface area contributed by atoms with Gasteiger partial charge in [0.25, 0.3) is 0 Å². The minimum atomic E-state index is 0.568. The fraction of sp³-hybridized carbons (Fsp3) is 0. The van der Waals surface area contributed by atoms with Gasteiger partial charge in [0.05, 0.1) is 22.1 Å². The zero-order valence-corrected chi connectivity index (χ0v) is 29.1. The molecule has 0 aliphatic rings. The zero-order valence-electron chi connectivity index (χ0n) is 28.2. The van der Waals surface area contributed by atoms with Crippen molar-refractivity contribution < 1.29 is 4.42 Å². The maximum Gasteiger partial charge on any atom is 0.238 e. The second-order valence-electron chi connectivity index (χ2n) is 13.8. The highest BCUT2D eigenvalue weighted by Crippen LogP contribution is 2.42. The van der Waals surface area contributed by atoms with Gasteiger partial charge in [-0.1, -0.05) is 115 Å². The van der Waals surface area contributed by atoms with Gasteiger partial charge in [-0.25, -0.2) is 4.98 Å². The molecule has 0 saturated heterocycles. The number of para-hydroxylation sites is 1. The third-order valence-electron chi connectivity index (χ3n) is 10.8. The maximum absolute atomic E-state index is 6.77. The van der Waals surface area contributed by atoms with E-state index in [0.29, 0.717) is 11.7 Å². The molecule has 4 heterocycles. The molecule has 12 rings (SSSR count). The lowest BCUT2D eigenvalue weighted by Gasteiger charge is -2.10. The van der Waals surface area contributed by atoms with Crippen LogP contribution in [0.3, 0.4) is 0 Å². The summed E-state index contributed by atoms with van der Waals surface area (Å²) in [5, 5.41) is 11.6. The molecule has 0 bridgehead atoms. The number of fused-ring (bicyclic) bond motifs is 11. The van der Waals surface area contributed by atoms with Gasteiger partial charge in [-0.15, -0.1) is 11.3 Å². The van der Waals surface area contributed by atoms with Gasteiger partial charge in [0.1, 0.15) is 5.58 Å². The predicted molar refractivity (Wildman–Crippen MR) is 222 cm³/mol. The van der Waals surface area contributed by atoms with Crippen LogP contribution in [0.15, 0.2) is 168 Å². The number of hydrogen-bond acceptors (Lipinski definition) is 4. The molecule has 12 aromatic rings. The Bertz CT molecular complexity index is 3480. The fourth-order valence-corrected chi connectivity index (χ4v) is 9.41. The Morgan fingerprint density at radius 1 is 0.434 bits per heavy atom. The van der Waals surface area contributed by atoms with Gasteiger partial charge in [-0.05, 0) is 81.2 Å². The van der Waals surface area contributed by atoms with Crippen molar-refractivity contribution in [3.05, 3.63) is 164 Å². The molecule has 0 aliphatic carbocycles. The van der Waals surface area contributed by atoms with Crippen LogP contribution in [0.5, 0.6) is 0 Å². The Hall–Kier alpha value is -6.82. The summed E-state index contributed by atoms with van der Waals surface area (Å²) in [7, 11) is 0. The molecule has 5 heteroatoms. The molecule has 246 valence electrons. The number of nitrogens with zero attached hydrogens (tertiary/aromatic N) is 3. The lowest BCUT2D eigenvalue weighted by Crippen LogP contribution is -2.02. The Labute approximate surface area is 306 Å². The van der Waals surface area contributed by atoms with Crippen LogP contribution in [0.4, 0.5) is 0 Å². The van der Waals surface area contributed by atoms with Gasteiger partial charge in [0.2, 0.25) is 11.7 Å². The molecule has 0 fully saturated rings. The second kappa shape index (κ2) is 10.8. The van der Waals surface area contributed by atoms with E-state index in [1.54, 1.807) is 0 Å². The third-order valence-corrected chi connectivity index (χ3v) is 11.9. The van der Waals surface area contributed by atoms with Crippen LogP contribution in [-0.2, 0) is 0 Å². The van der Waals surface area contributed by atoms with Gasteiger partial charge < -0.3 is 4.42 Å². The standard InChI is InChI=1S/C48H27N3OS/c1-2-10-29-23-32(18-17-28(29)9-1)33-19-22-38-42(26-33)52-47-45(38)46(34-20-21-37-36-14-6-8-16-43(36)53-44(37)27-34)49-48(50-47)51-40-15-7-5-13-35(40)39-24-30-11-3-4-12-31(30)25-41(39)51/h1-27H. The van der Waals surface area contributed by atoms with Crippen LogP contribution < -0.4 is 0 Å². The number of benzene rings is 8. The van der Waals surface area contributed by atoms with E-state index in [9.17, 15) is 0 Å². The second-order valence-corrected chi connectivity index (χ2v) is 14.9. The molecule has 0 aliphatic heterocycles. The molecule has 0 unspecified atom stereocenters. The fourth-order valence-electron chi connectivity index (χ4n) is 8.26. The van der Waals surface area contributed by atoms with Crippen molar-refractivity contribution in [2.45, 2.75) is 0 Å². The van der Waals surface area contributed by atoms with Crippen molar-refractivity contribution >= 4 is 96.9 Å². The third kappa shape index (κ3) is 4.29. The van der Waals surface area contributed by atoms with Crippen LogP contribution >= 0.6 is 11.3 Å². The molecule has 0 saturated carbocycles. The van der Waals surface area contributed by atoms with Crippen LogP contribution in [-0.4, -0.2) is 14.5 Å². The minimum absolute atomic E-state index is 0.568. The minimum Gasteiger partial charge on any atom is -0.437 e. The van der Waals surface area contributed by atoms with E-state index < -0.39 is 0 Å². The van der Waals surface area contributed by atoms with Crippen LogP contribution in [0.2, 0.25) is 0 Å². The molecular formula is C48H27N3OS. The van der Waals surface area contributed by atoms with E-state index in [1.807, 2.05) is 11.3 Å². The smallest absolute Gasteiger partial charge is 0.238 e. The summed E-state index contributed by atoms with van der Waals surface area (Å²) in [6, 6.07) is 58.5. The first-order valence-corrected chi connectivity index (χ1v) is 18.6. The largest absolute Gasteiger partial charge is 0.437 e. The van der Waals surface area contributed by atoms with Crippen molar-refractivity contribution in [1.29, 1.82) is 0 Å². The molecule has 0 spiro atoms. The summed E-state index contributed by atoms with van der Waals surface area (Å²) in [4.78, 5) is 10.7. The van der Waals surface area contributed by atoms with Gasteiger partial charge in [0, 0.05) is 41.9 Å². The van der Waals surface area contributed by atoms with Crippen molar-refractivity contribution in [3.63, 3.8) is 0 Å². The molecule has 0 atom stereocenters. The van der Waals surface area contributed by atoms with E-state index >= 15 is 0 Å². The molecule has 0 amide bonds. The monoisotopic (exact) mass is 693 g/mol. The van der Waals surface area contributed by atoms with Crippen molar-refractivity contribution in [1.82, 2.24) is 14.5 Å². The molecular weight excluding hydrogens is 667 g/mol. The molecule has 8 aromatic carbocycles. The van der Waals surface area contributed by atoms with Crippen LogP contribution in [0, 0.1) is 0 Å². The lowest BCUT2D eigenvalue weighted by atomic mass is 9.99. The molecule has 0 radical (unpaired) electrons. The van der Waals surface area contributed by atoms with Crippen molar-refractivity contribution in [2.24, 2.45) is 0 Å². The summed E-state index contributed by atoms with van der Waals surface area (Å²) in [5.41, 5.74) is 7.60. The van der Waals surface area contributed by atoms with E-state index in [0.717, 1.165) is 55.2 Å². The summed E-state index contributed by atoms with van der Waals surface area (Å²) >= 11 is 1.82. The Morgan fingerprint density at radius 2 is 1.09 bits per heavy atom. The van der Waals surface area contributed by atoms with Gasteiger partial charge in [-0.3, -0.25) is 4.57 Å². The van der Waals surface area contributed by atoms with E-state index in [-0.39, 0.29) is 0 Å². The highest BCUT2D eigenvalue weighted by atomic mass is 32.1. The summed E-state index contributed by atoms with van der Waals surface area (Å²) in [6.45, 7) is 0. The van der Waals surface area contributed by atoms with Crippen molar-refractivity contribution in [2.75, 3.05) is 0 Å². The van der Waals surface area contributed by atoms with Crippen molar-refractivity contribution in [3.8, 4) is 28.3 Å². The topological polar surface area (TPSA) is 43.9 Å². The summed E-state index contributed by atoms with van der Waals surface area (Å²) < 4.78 is 11.5. The SMILES string of the molecule is c1ccc2cc(-c3ccc4c(c3)oc3nc(-n5c6ccccc6c6cc7ccccc7cc65)nc(-c5ccc6c(c5)sc5ccccc56)c34)ccc2c1. The maximum atomic E-state index is 6.77. The van der Waals surface area contributed by atoms with Crippen LogP contribution in [0.1, 0.15) is 0 Å². The summed E-state index contributed by atoms with van der Waals surface area (Å²) in [6.07, 6.45) is 0. The Morgan fingerprint density at radius 3 is 1.98 bits per heavy atom. The molecule has 53 heavy (non-hydrogen) atoms.